The molecule has 0 saturated carbocycles. The molecule has 0 aliphatic carbocycles. The number of ether oxygens (including phenoxy) is 1. The van der Waals surface area contributed by atoms with Crippen molar-refractivity contribution in [2.45, 2.75) is 20.8 Å². The predicted molar refractivity (Wildman–Crippen MR) is 93.5 cm³/mol. The number of nitrogens with zero attached hydrogens (tertiary/aromatic N) is 3. The molecule has 1 N–H and O–H groups in total. The van der Waals surface area contributed by atoms with Crippen LogP contribution in [0.3, 0.4) is 0 Å². The zero-order valence-corrected chi connectivity index (χ0v) is 14.1. The normalized spacial score (nSPS) is 10.6. The number of hydrogen-bond donors (Lipinski definition) is 1. The van der Waals surface area contributed by atoms with Gasteiger partial charge in [0.05, 0.1) is 18.5 Å². The number of nitrogens with one attached hydrogen (secondary N) is 1. The summed E-state index contributed by atoms with van der Waals surface area (Å²) in [6.07, 6.45) is 3.52. The van der Waals surface area contributed by atoms with Crippen molar-refractivity contribution in [2.75, 3.05) is 11.9 Å². The van der Waals surface area contributed by atoms with E-state index in [2.05, 4.69) is 20.3 Å². The van der Waals surface area contributed by atoms with E-state index in [1.54, 1.807) is 12.4 Å². The molecule has 0 saturated heterocycles. The monoisotopic (exact) mass is 326 g/mol. The molecule has 0 radical (unpaired) electrons. The number of anilines is 2. The second-order valence-electron chi connectivity index (χ2n) is 5.15. The van der Waals surface area contributed by atoms with Crippen molar-refractivity contribution >= 4 is 22.3 Å². The molecule has 0 atom stereocenters. The lowest BCUT2D eigenvalue weighted by Crippen LogP contribution is -1.96. The standard InChI is InChI=1S/C17H18N4OS/c1-4-22-13-8-12(3)16(19-9-13)14-10-23-17(20-14)21-15-7-11(2)5-6-18-15/h5-10H,4H2,1-3H3,(H,18,20,21). The SMILES string of the molecule is CCOc1cnc(-c2csc(Nc3cc(C)ccn3)n2)c(C)c1. The van der Waals surface area contributed by atoms with Gasteiger partial charge in [-0.05, 0) is 50.1 Å². The lowest BCUT2D eigenvalue weighted by Gasteiger charge is -2.06. The quantitative estimate of drug-likeness (QED) is 0.755. The molecule has 3 aromatic rings. The summed E-state index contributed by atoms with van der Waals surface area (Å²) in [5.74, 6) is 1.58. The van der Waals surface area contributed by atoms with Gasteiger partial charge in [-0.15, -0.1) is 11.3 Å². The van der Waals surface area contributed by atoms with Crippen LogP contribution >= 0.6 is 11.3 Å². The van der Waals surface area contributed by atoms with E-state index in [0.29, 0.717) is 6.61 Å². The van der Waals surface area contributed by atoms with Crippen LogP contribution in [0.5, 0.6) is 5.75 Å². The lowest BCUT2D eigenvalue weighted by atomic mass is 10.2. The predicted octanol–water partition coefficient (Wildman–Crippen LogP) is 4.36. The number of aromatic nitrogens is 3. The van der Waals surface area contributed by atoms with Crippen LogP contribution in [-0.4, -0.2) is 21.6 Å². The summed E-state index contributed by atoms with van der Waals surface area (Å²) >= 11 is 1.53. The second-order valence-corrected chi connectivity index (χ2v) is 6.01. The highest BCUT2D eigenvalue weighted by atomic mass is 32.1. The van der Waals surface area contributed by atoms with Gasteiger partial charge < -0.3 is 10.1 Å². The summed E-state index contributed by atoms with van der Waals surface area (Å²) in [6, 6.07) is 5.94. The molecule has 23 heavy (non-hydrogen) atoms. The fourth-order valence-electron chi connectivity index (χ4n) is 2.22. The molecule has 3 heterocycles. The Balaban J connectivity index is 1.81. The van der Waals surface area contributed by atoms with Gasteiger partial charge in [0, 0.05) is 11.6 Å². The molecule has 3 rings (SSSR count). The van der Waals surface area contributed by atoms with Crippen LogP contribution in [0.2, 0.25) is 0 Å². The summed E-state index contributed by atoms with van der Waals surface area (Å²) in [7, 11) is 0. The van der Waals surface area contributed by atoms with Crippen LogP contribution < -0.4 is 10.1 Å². The van der Waals surface area contributed by atoms with E-state index in [-0.39, 0.29) is 0 Å². The highest BCUT2D eigenvalue weighted by molar-refractivity contribution is 7.14. The third kappa shape index (κ3) is 3.65. The first-order valence-electron chi connectivity index (χ1n) is 7.40. The van der Waals surface area contributed by atoms with Gasteiger partial charge in [0.15, 0.2) is 5.13 Å². The van der Waals surface area contributed by atoms with Crippen LogP contribution in [0, 0.1) is 13.8 Å². The maximum absolute atomic E-state index is 5.47. The highest BCUT2D eigenvalue weighted by Crippen LogP contribution is 2.28. The Labute approximate surface area is 139 Å². The molecule has 0 aliphatic rings. The Morgan fingerprint density at radius 2 is 2.09 bits per heavy atom. The first kappa shape index (κ1) is 15.4. The number of pyridine rings is 2. The average Bonchev–Trinajstić information content (AvgIpc) is 2.96. The van der Waals surface area contributed by atoms with E-state index < -0.39 is 0 Å². The summed E-state index contributed by atoms with van der Waals surface area (Å²) in [5, 5.41) is 6.02. The van der Waals surface area contributed by atoms with Crippen LogP contribution in [0.15, 0.2) is 36.0 Å². The van der Waals surface area contributed by atoms with Crippen LogP contribution in [0.25, 0.3) is 11.4 Å². The summed E-state index contributed by atoms with van der Waals surface area (Å²) in [6.45, 7) is 6.64. The van der Waals surface area contributed by atoms with Crippen molar-refractivity contribution in [3.05, 3.63) is 47.1 Å². The van der Waals surface area contributed by atoms with Gasteiger partial charge >= 0.3 is 0 Å². The molecule has 0 unspecified atom stereocenters. The molecule has 0 fully saturated rings. The van der Waals surface area contributed by atoms with Gasteiger partial charge in [-0.1, -0.05) is 0 Å². The zero-order chi connectivity index (χ0) is 16.2. The smallest absolute Gasteiger partial charge is 0.188 e. The topological polar surface area (TPSA) is 59.9 Å². The first-order chi connectivity index (χ1) is 11.2. The van der Waals surface area contributed by atoms with E-state index >= 15 is 0 Å². The van der Waals surface area contributed by atoms with Crippen molar-refractivity contribution in [3.63, 3.8) is 0 Å². The minimum absolute atomic E-state index is 0.634. The largest absolute Gasteiger partial charge is 0.492 e. The van der Waals surface area contributed by atoms with E-state index in [4.69, 9.17) is 4.74 Å². The maximum atomic E-state index is 5.47. The summed E-state index contributed by atoms with van der Waals surface area (Å²) < 4.78 is 5.47. The molecule has 0 bridgehead atoms. The van der Waals surface area contributed by atoms with E-state index in [9.17, 15) is 0 Å². The third-order valence-corrected chi connectivity index (χ3v) is 4.02. The van der Waals surface area contributed by atoms with Gasteiger partial charge in [-0.3, -0.25) is 4.98 Å². The third-order valence-electron chi connectivity index (χ3n) is 3.26. The maximum Gasteiger partial charge on any atom is 0.188 e. The zero-order valence-electron chi connectivity index (χ0n) is 13.3. The van der Waals surface area contributed by atoms with E-state index in [1.165, 1.54) is 11.3 Å². The number of thiazole rings is 1. The van der Waals surface area contributed by atoms with Crippen molar-refractivity contribution in [3.8, 4) is 17.1 Å². The Bertz CT molecular complexity index is 816. The minimum atomic E-state index is 0.634. The minimum Gasteiger partial charge on any atom is -0.492 e. The van der Waals surface area contributed by atoms with E-state index in [1.807, 2.05) is 44.4 Å². The average molecular weight is 326 g/mol. The van der Waals surface area contributed by atoms with Gasteiger partial charge in [0.25, 0.3) is 0 Å². The fraction of sp³-hybridized carbons (Fsp3) is 0.235. The Kier molecular flexibility index (Phi) is 4.52. The van der Waals surface area contributed by atoms with Crippen molar-refractivity contribution < 1.29 is 4.74 Å². The number of aryl methyl sites for hydroxylation is 2. The first-order valence-corrected chi connectivity index (χ1v) is 8.28. The molecule has 5 nitrogen and oxygen atoms in total. The van der Waals surface area contributed by atoms with Gasteiger partial charge in [-0.2, -0.15) is 0 Å². The molecule has 118 valence electrons. The molecule has 0 spiro atoms. The Morgan fingerprint density at radius 3 is 2.83 bits per heavy atom. The molecule has 0 aromatic carbocycles. The number of hydrogen-bond acceptors (Lipinski definition) is 6. The highest BCUT2D eigenvalue weighted by Gasteiger charge is 2.10. The summed E-state index contributed by atoms with van der Waals surface area (Å²) in [5.41, 5.74) is 3.92. The molecular weight excluding hydrogens is 308 g/mol. The molecule has 0 amide bonds. The Morgan fingerprint density at radius 1 is 1.22 bits per heavy atom. The molecule has 0 aliphatic heterocycles. The Hall–Kier alpha value is -2.47. The van der Waals surface area contributed by atoms with Gasteiger partial charge in [-0.25, -0.2) is 9.97 Å². The molecule has 3 aromatic heterocycles. The fourth-order valence-corrected chi connectivity index (χ4v) is 2.92. The lowest BCUT2D eigenvalue weighted by molar-refractivity contribution is 0.338. The van der Waals surface area contributed by atoms with Crippen LogP contribution in [-0.2, 0) is 0 Å². The number of rotatable bonds is 5. The van der Waals surface area contributed by atoms with E-state index in [0.717, 1.165) is 39.2 Å². The van der Waals surface area contributed by atoms with Crippen LogP contribution in [0.1, 0.15) is 18.1 Å². The van der Waals surface area contributed by atoms with Gasteiger partial charge in [0.2, 0.25) is 0 Å². The van der Waals surface area contributed by atoms with Crippen LogP contribution in [0.4, 0.5) is 10.9 Å². The molecule has 6 heteroatoms. The van der Waals surface area contributed by atoms with Crippen molar-refractivity contribution in [1.29, 1.82) is 0 Å². The van der Waals surface area contributed by atoms with Crippen molar-refractivity contribution in [2.24, 2.45) is 0 Å². The van der Waals surface area contributed by atoms with Crippen molar-refractivity contribution in [1.82, 2.24) is 15.0 Å². The molecular formula is C17H18N4OS. The second kappa shape index (κ2) is 6.75. The van der Waals surface area contributed by atoms with Gasteiger partial charge in [0.1, 0.15) is 17.3 Å². The summed E-state index contributed by atoms with van der Waals surface area (Å²) in [4.78, 5) is 13.4.